The first kappa shape index (κ1) is 17.9. The monoisotopic (exact) mass is 394 g/mol. The molecule has 2 aromatic heterocycles. The second kappa shape index (κ2) is 7.02. The van der Waals surface area contributed by atoms with Crippen LogP contribution in [-0.2, 0) is 13.6 Å². The molecule has 3 aromatic rings. The molecule has 29 heavy (non-hydrogen) atoms. The fourth-order valence-corrected chi connectivity index (χ4v) is 4.03. The topological polar surface area (TPSA) is 59.2 Å². The fraction of sp³-hybridized carbons (Fsp3) is 0.333. The van der Waals surface area contributed by atoms with E-state index in [2.05, 4.69) is 25.0 Å². The van der Waals surface area contributed by atoms with E-state index in [1.165, 1.54) is 6.33 Å². The first-order valence-electron chi connectivity index (χ1n) is 9.62. The Morgan fingerprint density at radius 1 is 1.17 bits per heavy atom. The van der Waals surface area contributed by atoms with Gasteiger partial charge in [-0.05, 0) is 24.1 Å². The van der Waals surface area contributed by atoms with E-state index in [9.17, 15) is 8.78 Å². The summed E-state index contributed by atoms with van der Waals surface area (Å²) in [5, 5.41) is 4.14. The summed E-state index contributed by atoms with van der Waals surface area (Å²) in [5.74, 6) is 0.547. The third kappa shape index (κ3) is 3.18. The van der Waals surface area contributed by atoms with Gasteiger partial charge in [0.1, 0.15) is 18.0 Å². The van der Waals surface area contributed by atoms with E-state index in [1.54, 1.807) is 30.2 Å². The van der Waals surface area contributed by atoms with Crippen LogP contribution in [0.15, 0.2) is 41.9 Å². The maximum Gasteiger partial charge on any atom is 0.132 e. The van der Waals surface area contributed by atoms with E-state index in [0.29, 0.717) is 24.3 Å². The van der Waals surface area contributed by atoms with E-state index in [0.717, 1.165) is 41.2 Å². The van der Waals surface area contributed by atoms with Crippen LogP contribution in [-0.4, -0.2) is 45.2 Å². The molecule has 0 saturated carbocycles. The molecule has 1 saturated heterocycles. The van der Waals surface area contributed by atoms with E-state index in [-0.39, 0.29) is 18.4 Å². The van der Waals surface area contributed by atoms with Gasteiger partial charge in [-0.3, -0.25) is 14.1 Å². The largest absolute Gasteiger partial charge is 0.356 e. The van der Waals surface area contributed by atoms with E-state index < -0.39 is 0 Å². The molecule has 0 N–H and O–H groups in total. The van der Waals surface area contributed by atoms with Crippen LogP contribution in [0.5, 0.6) is 0 Å². The van der Waals surface area contributed by atoms with Gasteiger partial charge in [0.05, 0.1) is 30.8 Å². The number of rotatable bonds is 4. The number of halogens is 2. The van der Waals surface area contributed by atoms with Crippen molar-refractivity contribution in [1.82, 2.24) is 19.7 Å². The van der Waals surface area contributed by atoms with Crippen LogP contribution in [0, 0.1) is 11.7 Å². The van der Waals surface area contributed by atoms with E-state index >= 15 is 0 Å². The third-order valence-electron chi connectivity index (χ3n) is 5.59. The molecule has 6 nitrogen and oxygen atoms in total. The number of aryl methyl sites for hydroxylation is 1. The lowest BCUT2D eigenvalue weighted by Gasteiger charge is -2.17. The summed E-state index contributed by atoms with van der Waals surface area (Å²) < 4.78 is 29.3. The van der Waals surface area contributed by atoms with Gasteiger partial charge in [-0.2, -0.15) is 5.10 Å². The zero-order valence-corrected chi connectivity index (χ0v) is 16.0. The van der Waals surface area contributed by atoms with E-state index in [4.69, 9.17) is 0 Å². The summed E-state index contributed by atoms with van der Waals surface area (Å²) >= 11 is 0. The highest BCUT2D eigenvalue weighted by molar-refractivity contribution is 6.14. The summed E-state index contributed by atoms with van der Waals surface area (Å²) in [7, 11) is 1.80. The number of alkyl halides is 1. The van der Waals surface area contributed by atoms with Crippen LogP contribution >= 0.6 is 0 Å². The highest BCUT2D eigenvalue weighted by Crippen LogP contribution is 2.31. The first-order valence-corrected chi connectivity index (χ1v) is 9.62. The summed E-state index contributed by atoms with van der Waals surface area (Å²) in [4.78, 5) is 15.5. The van der Waals surface area contributed by atoms with Crippen molar-refractivity contribution in [3.8, 4) is 11.1 Å². The minimum atomic E-state index is -0.308. The highest BCUT2D eigenvalue weighted by Gasteiger charge is 2.26. The van der Waals surface area contributed by atoms with Gasteiger partial charge in [0.25, 0.3) is 0 Å². The minimum Gasteiger partial charge on any atom is -0.356 e. The highest BCUT2D eigenvalue weighted by atomic mass is 19.1. The first-order chi connectivity index (χ1) is 14.1. The van der Waals surface area contributed by atoms with Crippen molar-refractivity contribution in [3.63, 3.8) is 0 Å². The van der Waals surface area contributed by atoms with Crippen LogP contribution in [0.1, 0.15) is 23.2 Å². The Hall–Kier alpha value is -3.16. The SMILES string of the molecule is Cn1cc(-c2cc3c(cc2F)CN=C3c2cc(N3CC[C@H](CF)C3)ncn2)cn1. The number of nitrogens with zero attached hydrogens (tertiary/aromatic N) is 6. The lowest BCUT2D eigenvalue weighted by Crippen LogP contribution is -2.22. The Kier molecular flexibility index (Phi) is 4.34. The van der Waals surface area contributed by atoms with Crippen molar-refractivity contribution in [1.29, 1.82) is 0 Å². The predicted molar refractivity (Wildman–Crippen MR) is 106 cm³/mol. The van der Waals surface area contributed by atoms with Crippen molar-refractivity contribution < 1.29 is 8.78 Å². The molecule has 0 radical (unpaired) electrons. The van der Waals surface area contributed by atoms with Gasteiger partial charge in [-0.15, -0.1) is 0 Å². The maximum absolute atomic E-state index is 14.7. The summed E-state index contributed by atoms with van der Waals surface area (Å²) in [6, 6.07) is 5.26. The molecule has 2 aliphatic heterocycles. The van der Waals surface area contributed by atoms with Crippen molar-refractivity contribution in [2.45, 2.75) is 13.0 Å². The number of fused-ring (bicyclic) bond motifs is 1. The second-order valence-corrected chi connectivity index (χ2v) is 7.57. The van der Waals surface area contributed by atoms with Gasteiger partial charge in [0.2, 0.25) is 0 Å². The average Bonchev–Trinajstić information content (AvgIpc) is 3.46. The van der Waals surface area contributed by atoms with Crippen LogP contribution < -0.4 is 4.90 Å². The molecule has 8 heteroatoms. The zero-order valence-electron chi connectivity index (χ0n) is 16.0. The van der Waals surface area contributed by atoms with Crippen molar-refractivity contribution in [2.24, 2.45) is 18.0 Å². The summed E-state index contributed by atoms with van der Waals surface area (Å²) in [5.41, 5.74) is 4.35. The van der Waals surface area contributed by atoms with Gasteiger partial charge in [0.15, 0.2) is 0 Å². The van der Waals surface area contributed by atoms with Crippen LogP contribution in [0.25, 0.3) is 11.1 Å². The van der Waals surface area contributed by atoms with Gasteiger partial charge in [-0.1, -0.05) is 0 Å². The molecule has 1 aromatic carbocycles. The molecular formula is C21H20F2N6. The Morgan fingerprint density at radius 2 is 2.07 bits per heavy atom. The molecule has 5 rings (SSSR count). The molecule has 0 unspecified atom stereocenters. The number of benzene rings is 1. The number of hydrogen-bond donors (Lipinski definition) is 0. The molecule has 0 spiro atoms. The quantitative estimate of drug-likeness (QED) is 0.682. The van der Waals surface area contributed by atoms with Crippen molar-refractivity contribution in [3.05, 3.63) is 59.6 Å². The fourth-order valence-electron chi connectivity index (χ4n) is 4.03. The second-order valence-electron chi connectivity index (χ2n) is 7.57. The molecule has 1 fully saturated rings. The Balaban J connectivity index is 1.50. The van der Waals surface area contributed by atoms with Gasteiger partial charge in [0, 0.05) is 55.0 Å². The maximum atomic E-state index is 14.7. The van der Waals surface area contributed by atoms with Gasteiger partial charge in [-0.25, -0.2) is 14.4 Å². The average molecular weight is 394 g/mol. The lowest BCUT2D eigenvalue weighted by atomic mass is 9.97. The van der Waals surface area contributed by atoms with Crippen molar-refractivity contribution in [2.75, 3.05) is 24.7 Å². The molecule has 0 aliphatic carbocycles. The molecule has 148 valence electrons. The molecule has 2 aliphatic rings. The Morgan fingerprint density at radius 3 is 2.83 bits per heavy atom. The Labute approximate surface area is 166 Å². The van der Waals surface area contributed by atoms with Crippen LogP contribution in [0.2, 0.25) is 0 Å². The number of anilines is 1. The van der Waals surface area contributed by atoms with Gasteiger partial charge < -0.3 is 4.90 Å². The summed E-state index contributed by atoms with van der Waals surface area (Å²) in [6.07, 6.45) is 5.77. The van der Waals surface area contributed by atoms with Crippen LogP contribution in [0.3, 0.4) is 0 Å². The summed E-state index contributed by atoms with van der Waals surface area (Å²) in [6.45, 7) is 1.55. The van der Waals surface area contributed by atoms with E-state index in [1.807, 2.05) is 12.1 Å². The predicted octanol–water partition coefficient (Wildman–Crippen LogP) is 3.16. The minimum absolute atomic E-state index is 0.0583. The third-order valence-corrected chi connectivity index (χ3v) is 5.59. The number of aliphatic imine (C=N–C) groups is 1. The molecular weight excluding hydrogens is 374 g/mol. The molecule has 0 bridgehead atoms. The van der Waals surface area contributed by atoms with Crippen molar-refractivity contribution >= 4 is 11.5 Å². The standard InChI is InChI=1S/C21H20F2N6/c1-28-11-15(9-27-28)16-5-17-14(4-18(16)23)8-24-21(17)19-6-20(26-12-25-19)29-3-2-13(7-22)10-29/h4-6,9,11-13H,2-3,7-8,10H2,1H3/t13-/m1/s1. The number of aromatic nitrogens is 4. The number of hydrogen-bond acceptors (Lipinski definition) is 5. The molecule has 4 heterocycles. The molecule has 1 atom stereocenters. The Bertz CT molecular complexity index is 1110. The zero-order chi connectivity index (χ0) is 20.0. The lowest BCUT2D eigenvalue weighted by molar-refractivity contribution is 0.384. The van der Waals surface area contributed by atoms with Gasteiger partial charge >= 0.3 is 0 Å². The smallest absolute Gasteiger partial charge is 0.132 e. The molecule has 0 amide bonds. The normalized spacial score (nSPS) is 18.2. The van der Waals surface area contributed by atoms with Crippen LogP contribution in [0.4, 0.5) is 14.6 Å².